The molecule has 0 bridgehead atoms. The number of aromatic nitrogens is 3. The Kier molecular flexibility index (Phi) is 4.69. The molecule has 1 aliphatic rings. The maximum atomic E-state index is 12.8. The van der Waals surface area contributed by atoms with E-state index >= 15 is 0 Å². The lowest BCUT2D eigenvalue weighted by Gasteiger charge is -2.32. The van der Waals surface area contributed by atoms with Crippen LogP contribution in [0.3, 0.4) is 0 Å². The number of anilines is 2. The van der Waals surface area contributed by atoms with E-state index in [9.17, 15) is 9.59 Å². The average Bonchev–Trinajstić information content (AvgIpc) is 3.02. The first-order valence-electron chi connectivity index (χ1n) is 8.21. The van der Waals surface area contributed by atoms with E-state index < -0.39 is 6.04 Å². The smallest absolute Gasteiger partial charge is 0.255 e. The number of piperidine rings is 1. The summed E-state index contributed by atoms with van der Waals surface area (Å²) >= 11 is 0. The molecule has 8 nitrogen and oxygen atoms in total. The fraction of sp³-hybridized carbons (Fsp3) is 0.412. The molecule has 0 spiro atoms. The third-order valence-corrected chi connectivity index (χ3v) is 4.27. The van der Waals surface area contributed by atoms with Gasteiger partial charge in [-0.25, -0.2) is 4.98 Å². The summed E-state index contributed by atoms with van der Waals surface area (Å²) in [6, 6.07) is 4.68. The number of rotatable bonds is 4. The molecule has 132 valence electrons. The number of carbonyl (C=O) groups excluding carboxylic acids is 2. The van der Waals surface area contributed by atoms with E-state index in [0.717, 1.165) is 12.2 Å². The monoisotopic (exact) mass is 342 g/mol. The van der Waals surface area contributed by atoms with Gasteiger partial charge in [-0.2, -0.15) is 5.10 Å². The molecule has 2 aromatic heterocycles. The second-order valence-electron chi connectivity index (χ2n) is 6.24. The number of carbonyl (C=O) groups is 2. The van der Waals surface area contributed by atoms with Crippen molar-refractivity contribution in [2.45, 2.75) is 18.9 Å². The summed E-state index contributed by atoms with van der Waals surface area (Å²) in [6.07, 6.45) is 4.73. The lowest BCUT2D eigenvalue weighted by Crippen LogP contribution is -2.53. The van der Waals surface area contributed by atoms with Crippen LogP contribution in [0.4, 0.5) is 11.6 Å². The van der Waals surface area contributed by atoms with Gasteiger partial charge in [-0.3, -0.25) is 19.2 Å². The van der Waals surface area contributed by atoms with Crippen molar-refractivity contribution in [3.63, 3.8) is 0 Å². The highest BCUT2D eigenvalue weighted by atomic mass is 16.2. The van der Waals surface area contributed by atoms with Crippen LogP contribution in [0.1, 0.15) is 23.2 Å². The number of nitrogens with zero attached hydrogens (tertiary/aromatic N) is 5. The zero-order chi connectivity index (χ0) is 18.0. The van der Waals surface area contributed by atoms with Crippen LogP contribution in [0, 0.1) is 0 Å². The molecule has 2 amide bonds. The standard InChI is InChI=1S/C17H22N6O2/c1-21(2)15-12(6-4-9-18-15)16(24)20-13-7-5-11-23(17(13)25)14-8-10-19-22(14)3/h4,6,8-10,13H,5,7,11H2,1-3H3,(H,20,24). The van der Waals surface area contributed by atoms with Gasteiger partial charge in [0.25, 0.3) is 11.8 Å². The number of hydrogen-bond donors (Lipinski definition) is 1. The topological polar surface area (TPSA) is 83.4 Å². The maximum absolute atomic E-state index is 12.8. The Balaban J connectivity index is 1.78. The number of amides is 2. The zero-order valence-corrected chi connectivity index (χ0v) is 14.6. The minimum absolute atomic E-state index is 0.113. The van der Waals surface area contributed by atoms with Crippen LogP contribution in [0.25, 0.3) is 0 Å². The summed E-state index contributed by atoms with van der Waals surface area (Å²) in [7, 11) is 5.45. The SMILES string of the molecule is CN(C)c1ncccc1C(=O)NC1CCCN(c2ccnn2C)C1=O. The van der Waals surface area contributed by atoms with Crippen molar-refractivity contribution in [3.05, 3.63) is 36.2 Å². The van der Waals surface area contributed by atoms with E-state index in [0.29, 0.717) is 24.3 Å². The van der Waals surface area contributed by atoms with Crippen molar-refractivity contribution in [2.24, 2.45) is 7.05 Å². The molecule has 0 saturated carbocycles. The van der Waals surface area contributed by atoms with Crippen molar-refractivity contribution in [2.75, 3.05) is 30.4 Å². The molecule has 1 saturated heterocycles. The van der Waals surface area contributed by atoms with E-state index in [4.69, 9.17) is 0 Å². The lowest BCUT2D eigenvalue weighted by molar-refractivity contribution is -0.121. The first kappa shape index (κ1) is 16.9. The van der Waals surface area contributed by atoms with E-state index in [-0.39, 0.29) is 11.8 Å². The molecule has 2 aromatic rings. The van der Waals surface area contributed by atoms with Gasteiger partial charge < -0.3 is 10.2 Å². The van der Waals surface area contributed by atoms with Crippen LogP contribution >= 0.6 is 0 Å². The second kappa shape index (κ2) is 6.92. The molecule has 1 atom stereocenters. The number of pyridine rings is 1. The maximum Gasteiger partial charge on any atom is 0.255 e. The molecule has 1 N–H and O–H groups in total. The van der Waals surface area contributed by atoms with Gasteiger partial charge in [0, 0.05) is 40.0 Å². The quantitative estimate of drug-likeness (QED) is 0.889. The molecular formula is C17H22N6O2. The molecular weight excluding hydrogens is 320 g/mol. The Morgan fingerprint density at radius 2 is 2.12 bits per heavy atom. The lowest BCUT2D eigenvalue weighted by atomic mass is 10.0. The summed E-state index contributed by atoms with van der Waals surface area (Å²) in [5.74, 6) is 0.909. The van der Waals surface area contributed by atoms with Gasteiger partial charge in [-0.05, 0) is 25.0 Å². The molecule has 3 heterocycles. The van der Waals surface area contributed by atoms with E-state index in [1.807, 2.05) is 14.1 Å². The molecule has 1 aliphatic heterocycles. The molecule has 0 aromatic carbocycles. The van der Waals surface area contributed by atoms with Gasteiger partial charge >= 0.3 is 0 Å². The first-order chi connectivity index (χ1) is 12.0. The van der Waals surface area contributed by atoms with Crippen LogP contribution in [-0.4, -0.2) is 53.3 Å². The van der Waals surface area contributed by atoms with Gasteiger partial charge in [-0.1, -0.05) is 0 Å². The number of hydrogen-bond acceptors (Lipinski definition) is 5. The Morgan fingerprint density at radius 1 is 1.32 bits per heavy atom. The predicted molar refractivity (Wildman–Crippen MR) is 94.6 cm³/mol. The van der Waals surface area contributed by atoms with E-state index in [1.54, 1.807) is 52.1 Å². The third kappa shape index (κ3) is 3.33. The summed E-state index contributed by atoms with van der Waals surface area (Å²) in [6.45, 7) is 0.626. The molecule has 0 radical (unpaired) electrons. The Hall–Kier alpha value is -2.90. The first-order valence-corrected chi connectivity index (χ1v) is 8.21. The molecule has 3 rings (SSSR count). The highest BCUT2D eigenvalue weighted by molar-refractivity contribution is 6.04. The van der Waals surface area contributed by atoms with Gasteiger partial charge in [0.1, 0.15) is 17.7 Å². The fourth-order valence-corrected chi connectivity index (χ4v) is 3.03. The van der Waals surface area contributed by atoms with Gasteiger partial charge in [0.15, 0.2) is 0 Å². The minimum Gasteiger partial charge on any atom is -0.362 e. The van der Waals surface area contributed by atoms with Crippen LogP contribution < -0.4 is 15.1 Å². The minimum atomic E-state index is -0.550. The van der Waals surface area contributed by atoms with Crippen molar-refractivity contribution >= 4 is 23.5 Å². The van der Waals surface area contributed by atoms with Crippen LogP contribution in [0.2, 0.25) is 0 Å². The largest absolute Gasteiger partial charge is 0.362 e. The molecule has 1 fully saturated rings. The molecule has 8 heteroatoms. The van der Waals surface area contributed by atoms with Crippen LogP contribution in [0.15, 0.2) is 30.6 Å². The Bertz CT molecular complexity index is 785. The van der Waals surface area contributed by atoms with Crippen molar-refractivity contribution in [1.82, 2.24) is 20.1 Å². The van der Waals surface area contributed by atoms with Crippen molar-refractivity contribution in [1.29, 1.82) is 0 Å². The molecule has 25 heavy (non-hydrogen) atoms. The van der Waals surface area contributed by atoms with Gasteiger partial charge in [0.05, 0.1) is 11.8 Å². The van der Waals surface area contributed by atoms with Gasteiger partial charge in [-0.15, -0.1) is 0 Å². The summed E-state index contributed by atoms with van der Waals surface area (Å²) in [5, 5.41) is 6.98. The molecule has 1 unspecified atom stereocenters. The summed E-state index contributed by atoms with van der Waals surface area (Å²) in [5.41, 5.74) is 0.456. The summed E-state index contributed by atoms with van der Waals surface area (Å²) < 4.78 is 1.66. The second-order valence-corrected chi connectivity index (χ2v) is 6.24. The van der Waals surface area contributed by atoms with Crippen LogP contribution in [-0.2, 0) is 11.8 Å². The highest BCUT2D eigenvalue weighted by Gasteiger charge is 2.32. The van der Waals surface area contributed by atoms with E-state index in [2.05, 4.69) is 15.4 Å². The third-order valence-electron chi connectivity index (χ3n) is 4.27. The highest BCUT2D eigenvalue weighted by Crippen LogP contribution is 2.21. The Morgan fingerprint density at radius 3 is 2.80 bits per heavy atom. The molecule has 0 aliphatic carbocycles. The fourth-order valence-electron chi connectivity index (χ4n) is 3.03. The number of nitrogens with one attached hydrogen (secondary N) is 1. The van der Waals surface area contributed by atoms with Crippen molar-refractivity contribution < 1.29 is 9.59 Å². The predicted octanol–water partition coefficient (Wildman–Crippen LogP) is 0.806. The summed E-state index contributed by atoms with van der Waals surface area (Å²) in [4.78, 5) is 33.2. The Labute approximate surface area is 146 Å². The zero-order valence-electron chi connectivity index (χ0n) is 14.6. The number of aryl methyl sites for hydroxylation is 1. The van der Waals surface area contributed by atoms with Gasteiger partial charge in [0.2, 0.25) is 0 Å². The van der Waals surface area contributed by atoms with E-state index in [1.165, 1.54) is 0 Å². The normalized spacial score (nSPS) is 17.5. The van der Waals surface area contributed by atoms with Crippen LogP contribution in [0.5, 0.6) is 0 Å². The van der Waals surface area contributed by atoms with Crippen molar-refractivity contribution in [3.8, 4) is 0 Å². The average molecular weight is 342 g/mol.